The third-order valence-corrected chi connectivity index (χ3v) is 4.97. The van der Waals surface area contributed by atoms with Crippen molar-refractivity contribution < 1.29 is 9.18 Å². The van der Waals surface area contributed by atoms with Gasteiger partial charge in [0.2, 0.25) is 5.91 Å². The SMILES string of the molecule is CC(C)NC(=O)C(C)Sc1nc2ccccc2c(=O)n1-c1ccccc1F. The highest BCUT2D eigenvalue weighted by Crippen LogP contribution is 2.26. The molecule has 140 valence electrons. The van der Waals surface area contributed by atoms with E-state index < -0.39 is 11.1 Å². The first-order valence-electron chi connectivity index (χ1n) is 8.62. The summed E-state index contributed by atoms with van der Waals surface area (Å²) in [7, 11) is 0. The zero-order valence-electron chi connectivity index (χ0n) is 15.3. The van der Waals surface area contributed by atoms with E-state index in [1.807, 2.05) is 13.8 Å². The van der Waals surface area contributed by atoms with Gasteiger partial charge in [0.1, 0.15) is 5.82 Å². The first-order chi connectivity index (χ1) is 12.9. The number of benzene rings is 2. The number of hydrogen-bond acceptors (Lipinski definition) is 4. The van der Waals surface area contributed by atoms with Crippen molar-refractivity contribution in [3.05, 3.63) is 64.7 Å². The van der Waals surface area contributed by atoms with Crippen LogP contribution in [0.4, 0.5) is 4.39 Å². The monoisotopic (exact) mass is 385 g/mol. The van der Waals surface area contributed by atoms with Gasteiger partial charge in [-0.1, -0.05) is 36.0 Å². The van der Waals surface area contributed by atoms with Gasteiger partial charge in [-0.3, -0.25) is 14.2 Å². The van der Waals surface area contributed by atoms with Gasteiger partial charge in [-0.15, -0.1) is 0 Å². The fourth-order valence-electron chi connectivity index (χ4n) is 2.65. The molecule has 27 heavy (non-hydrogen) atoms. The van der Waals surface area contributed by atoms with Gasteiger partial charge in [0, 0.05) is 6.04 Å². The van der Waals surface area contributed by atoms with Crippen molar-refractivity contribution in [2.75, 3.05) is 0 Å². The number of carbonyl (C=O) groups excluding carboxylic acids is 1. The lowest BCUT2D eigenvalue weighted by Crippen LogP contribution is -2.36. The maximum Gasteiger partial charge on any atom is 0.266 e. The Labute approximate surface area is 160 Å². The Kier molecular flexibility index (Phi) is 5.60. The standard InChI is InChI=1S/C20H20FN3O2S/c1-12(2)22-18(25)13(3)27-20-23-16-10-6-4-8-14(16)19(26)24(20)17-11-7-5-9-15(17)21/h4-13H,1-3H3,(H,22,25). The zero-order chi connectivity index (χ0) is 19.6. The van der Waals surface area contributed by atoms with Gasteiger partial charge in [-0.05, 0) is 45.0 Å². The molecule has 3 rings (SSSR count). The predicted molar refractivity (Wildman–Crippen MR) is 106 cm³/mol. The van der Waals surface area contributed by atoms with Crippen molar-refractivity contribution >= 4 is 28.6 Å². The summed E-state index contributed by atoms with van der Waals surface area (Å²) in [4.78, 5) is 29.9. The molecule has 1 amide bonds. The van der Waals surface area contributed by atoms with E-state index in [1.54, 1.807) is 43.3 Å². The second kappa shape index (κ2) is 7.92. The number of fused-ring (bicyclic) bond motifs is 1. The second-order valence-electron chi connectivity index (χ2n) is 6.43. The van der Waals surface area contributed by atoms with Crippen LogP contribution in [0.1, 0.15) is 20.8 Å². The number of aromatic nitrogens is 2. The highest BCUT2D eigenvalue weighted by Gasteiger charge is 2.21. The van der Waals surface area contributed by atoms with Crippen LogP contribution in [-0.4, -0.2) is 26.8 Å². The number of hydrogen-bond donors (Lipinski definition) is 1. The number of halogens is 1. The lowest BCUT2D eigenvalue weighted by molar-refractivity contribution is -0.120. The fourth-order valence-corrected chi connectivity index (χ4v) is 3.58. The van der Waals surface area contributed by atoms with E-state index in [1.165, 1.54) is 16.7 Å². The molecule has 1 unspecified atom stereocenters. The maximum atomic E-state index is 14.4. The molecular formula is C20H20FN3O2S. The Morgan fingerprint density at radius 2 is 1.78 bits per heavy atom. The van der Waals surface area contributed by atoms with E-state index in [0.717, 1.165) is 11.8 Å². The van der Waals surface area contributed by atoms with E-state index in [9.17, 15) is 14.0 Å². The van der Waals surface area contributed by atoms with Gasteiger partial charge >= 0.3 is 0 Å². The number of thioether (sulfide) groups is 1. The molecule has 1 N–H and O–H groups in total. The minimum Gasteiger partial charge on any atom is -0.353 e. The fraction of sp³-hybridized carbons (Fsp3) is 0.250. The summed E-state index contributed by atoms with van der Waals surface area (Å²) in [6.45, 7) is 5.48. The third-order valence-electron chi connectivity index (χ3n) is 3.92. The molecule has 0 radical (unpaired) electrons. The first kappa shape index (κ1) is 19.1. The molecule has 0 bridgehead atoms. The predicted octanol–water partition coefficient (Wildman–Crippen LogP) is 3.53. The zero-order valence-corrected chi connectivity index (χ0v) is 16.1. The summed E-state index contributed by atoms with van der Waals surface area (Å²) < 4.78 is 15.7. The minimum atomic E-state index is -0.530. The van der Waals surface area contributed by atoms with Gasteiger partial charge in [0.25, 0.3) is 5.56 Å². The largest absolute Gasteiger partial charge is 0.353 e. The van der Waals surface area contributed by atoms with E-state index in [0.29, 0.717) is 10.9 Å². The molecule has 1 heterocycles. The van der Waals surface area contributed by atoms with Crippen LogP contribution in [-0.2, 0) is 4.79 Å². The molecule has 5 nitrogen and oxygen atoms in total. The Bertz CT molecular complexity index is 1050. The highest BCUT2D eigenvalue weighted by atomic mass is 32.2. The van der Waals surface area contributed by atoms with Crippen LogP contribution in [0.3, 0.4) is 0 Å². The number of nitrogens with zero attached hydrogens (tertiary/aromatic N) is 2. The summed E-state index contributed by atoms with van der Waals surface area (Å²) in [5.74, 6) is -0.699. The van der Waals surface area contributed by atoms with E-state index >= 15 is 0 Å². The number of para-hydroxylation sites is 2. The molecule has 0 aliphatic heterocycles. The quantitative estimate of drug-likeness (QED) is 0.539. The van der Waals surface area contributed by atoms with Crippen molar-refractivity contribution in [2.24, 2.45) is 0 Å². The molecule has 0 spiro atoms. The summed E-state index contributed by atoms with van der Waals surface area (Å²) in [6, 6.07) is 12.9. The summed E-state index contributed by atoms with van der Waals surface area (Å²) in [5.41, 5.74) is 0.249. The molecular weight excluding hydrogens is 365 g/mol. The van der Waals surface area contributed by atoms with Crippen LogP contribution in [0.25, 0.3) is 16.6 Å². The van der Waals surface area contributed by atoms with Gasteiger partial charge in [-0.25, -0.2) is 9.37 Å². The average Bonchev–Trinajstić information content (AvgIpc) is 2.62. The summed E-state index contributed by atoms with van der Waals surface area (Å²) >= 11 is 1.13. The molecule has 0 saturated carbocycles. The van der Waals surface area contributed by atoms with Gasteiger partial charge in [0.05, 0.1) is 21.8 Å². The normalized spacial score (nSPS) is 12.3. The molecule has 2 aromatic carbocycles. The van der Waals surface area contributed by atoms with Crippen molar-refractivity contribution in [3.8, 4) is 5.69 Å². The van der Waals surface area contributed by atoms with E-state index in [-0.39, 0.29) is 28.4 Å². The number of nitrogens with one attached hydrogen (secondary N) is 1. The molecule has 0 aliphatic rings. The smallest absolute Gasteiger partial charge is 0.266 e. The van der Waals surface area contributed by atoms with Crippen LogP contribution in [0.5, 0.6) is 0 Å². The molecule has 7 heteroatoms. The molecule has 0 saturated heterocycles. The van der Waals surface area contributed by atoms with Crippen molar-refractivity contribution in [1.82, 2.24) is 14.9 Å². The van der Waals surface area contributed by atoms with Crippen LogP contribution in [0.2, 0.25) is 0 Å². The van der Waals surface area contributed by atoms with Crippen molar-refractivity contribution in [2.45, 2.75) is 37.2 Å². The Balaban J connectivity index is 2.16. The Hall–Kier alpha value is -2.67. The average molecular weight is 385 g/mol. The molecule has 0 fully saturated rings. The maximum absolute atomic E-state index is 14.4. The number of carbonyl (C=O) groups is 1. The van der Waals surface area contributed by atoms with Gasteiger partial charge in [-0.2, -0.15) is 0 Å². The van der Waals surface area contributed by atoms with Crippen LogP contribution in [0, 0.1) is 5.82 Å². The van der Waals surface area contributed by atoms with Crippen molar-refractivity contribution in [3.63, 3.8) is 0 Å². The second-order valence-corrected chi connectivity index (χ2v) is 7.73. The van der Waals surface area contributed by atoms with Crippen LogP contribution >= 0.6 is 11.8 Å². The first-order valence-corrected chi connectivity index (χ1v) is 9.50. The lowest BCUT2D eigenvalue weighted by atomic mass is 10.2. The Morgan fingerprint density at radius 1 is 1.11 bits per heavy atom. The minimum absolute atomic E-state index is 0.00104. The van der Waals surface area contributed by atoms with Crippen LogP contribution < -0.4 is 10.9 Å². The van der Waals surface area contributed by atoms with Crippen molar-refractivity contribution in [1.29, 1.82) is 0 Å². The topological polar surface area (TPSA) is 64.0 Å². The lowest BCUT2D eigenvalue weighted by Gasteiger charge is -2.17. The van der Waals surface area contributed by atoms with Gasteiger partial charge < -0.3 is 5.32 Å². The van der Waals surface area contributed by atoms with Gasteiger partial charge in [0.15, 0.2) is 5.16 Å². The van der Waals surface area contributed by atoms with E-state index in [2.05, 4.69) is 10.3 Å². The molecule has 0 aliphatic carbocycles. The Morgan fingerprint density at radius 3 is 2.48 bits per heavy atom. The number of amides is 1. The molecule has 1 aromatic heterocycles. The third kappa shape index (κ3) is 4.03. The summed E-state index contributed by atoms with van der Waals surface area (Å²) in [6.07, 6.45) is 0. The summed E-state index contributed by atoms with van der Waals surface area (Å²) in [5, 5.41) is 3.00. The highest BCUT2D eigenvalue weighted by molar-refractivity contribution is 8.00. The van der Waals surface area contributed by atoms with Crippen LogP contribution in [0.15, 0.2) is 58.5 Å². The molecule has 1 atom stereocenters. The van der Waals surface area contributed by atoms with E-state index in [4.69, 9.17) is 0 Å². The molecule has 3 aromatic rings. The number of rotatable bonds is 5.